The monoisotopic (exact) mass is 440 g/mol. The molecule has 1 aliphatic carbocycles. The van der Waals surface area contributed by atoms with Crippen molar-refractivity contribution in [1.82, 2.24) is 5.32 Å². The number of halogens is 1. The molecule has 1 aromatic carbocycles. The summed E-state index contributed by atoms with van der Waals surface area (Å²) in [4.78, 5) is 24.1. The van der Waals surface area contributed by atoms with Crippen LogP contribution in [0.2, 0.25) is 0 Å². The number of nitrogens with one attached hydrogen (secondary N) is 1. The minimum absolute atomic E-state index is 0.0457. The maximum atomic E-state index is 12.6. The van der Waals surface area contributed by atoms with Gasteiger partial charge in [-0.15, -0.1) is 0 Å². The molecule has 5 N–H and O–H groups in total. The summed E-state index contributed by atoms with van der Waals surface area (Å²) >= 11 is 3.35. The van der Waals surface area contributed by atoms with Gasteiger partial charge in [-0.2, -0.15) is 0 Å². The van der Waals surface area contributed by atoms with Gasteiger partial charge < -0.3 is 26.0 Å². The molecule has 0 fully saturated rings. The first-order chi connectivity index (χ1) is 12.7. The molecule has 8 heteroatoms. The molecule has 4 atom stereocenters. The summed E-state index contributed by atoms with van der Waals surface area (Å²) in [5.41, 5.74) is 5.60. The van der Waals surface area contributed by atoms with Crippen LogP contribution in [-0.4, -0.2) is 46.4 Å². The Balaban J connectivity index is 2.18. The summed E-state index contributed by atoms with van der Waals surface area (Å²) in [7, 11) is 0. The van der Waals surface area contributed by atoms with Crippen molar-refractivity contribution >= 4 is 27.7 Å². The molecule has 0 aliphatic heterocycles. The molecular formula is C19H25BrN2O5. The minimum Gasteiger partial charge on any atom is -0.482 e. The molecule has 7 nitrogen and oxygen atoms in total. The van der Waals surface area contributed by atoms with E-state index in [4.69, 9.17) is 10.5 Å². The Morgan fingerprint density at radius 1 is 1.33 bits per heavy atom. The average Bonchev–Trinajstić information content (AvgIpc) is 2.59. The number of rotatable bonds is 7. The zero-order valence-corrected chi connectivity index (χ0v) is 16.8. The summed E-state index contributed by atoms with van der Waals surface area (Å²) in [5.74, 6) is -0.482. The van der Waals surface area contributed by atoms with Gasteiger partial charge in [0.1, 0.15) is 24.0 Å². The fourth-order valence-corrected chi connectivity index (χ4v) is 3.24. The molecule has 0 aromatic heterocycles. The van der Waals surface area contributed by atoms with Crippen LogP contribution in [0.25, 0.3) is 0 Å². The van der Waals surface area contributed by atoms with Crippen molar-refractivity contribution < 1.29 is 24.5 Å². The van der Waals surface area contributed by atoms with E-state index in [1.807, 2.05) is 19.9 Å². The molecule has 148 valence electrons. The molecule has 2 amide bonds. The van der Waals surface area contributed by atoms with Crippen LogP contribution >= 0.6 is 15.9 Å². The first-order valence-corrected chi connectivity index (χ1v) is 9.56. The van der Waals surface area contributed by atoms with E-state index in [-0.39, 0.29) is 17.9 Å². The van der Waals surface area contributed by atoms with Gasteiger partial charge in [-0.3, -0.25) is 9.59 Å². The van der Waals surface area contributed by atoms with Gasteiger partial charge in [0.15, 0.2) is 0 Å². The second-order valence-electron chi connectivity index (χ2n) is 7.02. The van der Waals surface area contributed by atoms with E-state index in [1.165, 1.54) is 6.08 Å². The number of carbonyl (C=O) groups excluding carboxylic acids is 2. The molecule has 27 heavy (non-hydrogen) atoms. The highest BCUT2D eigenvalue weighted by atomic mass is 79.9. The molecule has 0 unspecified atom stereocenters. The van der Waals surface area contributed by atoms with Crippen molar-refractivity contribution in [3.63, 3.8) is 0 Å². The smallest absolute Gasteiger partial charge is 0.247 e. The van der Waals surface area contributed by atoms with Gasteiger partial charge in [0.05, 0.1) is 10.6 Å². The Morgan fingerprint density at radius 2 is 2.00 bits per heavy atom. The number of hydrogen-bond acceptors (Lipinski definition) is 5. The standard InChI is InChI=1S/C19H25BrN2O5/c1-10(2)7-13(18(21)25)22-19(26)11-8-14(23)17(24)16(9-11)27-15-6-4-3-5-12(15)20/h3-6,9-10,13-14,16-17,23-24H,7-8H2,1-2H3,(H2,21,25)(H,22,26)/t13-,14-,16-,17-/m1/s1. The highest BCUT2D eigenvalue weighted by Crippen LogP contribution is 2.29. The average molecular weight is 441 g/mol. The zero-order valence-electron chi connectivity index (χ0n) is 15.3. The number of nitrogens with two attached hydrogens (primary N) is 1. The molecule has 0 saturated heterocycles. The lowest BCUT2D eigenvalue weighted by Gasteiger charge is -2.31. The van der Waals surface area contributed by atoms with E-state index in [0.29, 0.717) is 16.6 Å². The topological polar surface area (TPSA) is 122 Å². The van der Waals surface area contributed by atoms with Crippen LogP contribution in [0.15, 0.2) is 40.4 Å². The predicted molar refractivity (Wildman–Crippen MR) is 104 cm³/mol. The number of amides is 2. The number of para-hydroxylation sites is 1. The number of aliphatic hydroxyl groups is 2. The maximum Gasteiger partial charge on any atom is 0.247 e. The second-order valence-corrected chi connectivity index (χ2v) is 7.88. The zero-order chi connectivity index (χ0) is 20.1. The first-order valence-electron chi connectivity index (χ1n) is 8.77. The Labute approximate surface area is 166 Å². The number of ether oxygens (including phenoxy) is 1. The largest absolute Gasteiger partial charge is 0.482 e. The molecule has 0 heterocycles. The lowest BCUT2D eigenvalue weighted by Crippen LogP contribution is -2.49. The van der Waals surface area contributed by atoms with Gasteiger partial charge in [0.2, 0.25) is 11.8 Å². The summed E-state index contributed by atoms with van der Waals surface area (Å²) in [6.07, 6.45) is -1.42. The Bertz CT molecular complexity index is 722. The molecular weight excluding hydrogens is 416 g/mol. The predicted octanol–water partition coefficient (Wildman–Crippen LogP) is 1.26. The number of aliphatic hydroxyl groups excluding tert-OH is 2. The Morgan fingerprint density at radius 3 is 2.59 bits per heavy atom. The van der Waals surface area contributed by atoms with Crippen molar-refractivity contribution in [2.75, 3.05) is 0 Å². The summed E-state index contributed by atoms with van der Waals surface area (Å²) in [6, 6.07) is 6.27. The lowest BCUT2D eigenvalue weighted by molar-refractivity contribution is -0.126. The Kier molecular flexibility index (Phi) is 7.41. The molecule has 1 aromatic rings. The summed E-state index contributed by atoms with van der Waals surface area (Å²) < 4.78 is 6.44. The number of primary amides is 1. The van der Waals surface area contributed by atoms with Gasteiger partial charge in [-0.25, -0.2) is 0 Å². The molecule has 0 bridgehead atoms. The quantitative estimate of drug-likeness (QED) is 0.508. The van der Waals surface area contributed by atoms with E-state index >= 15 is 0 Å². The third kappa shape index (κ3) is 5.79. The van der Waals surface area contributed by atoms with Crippen LogP contribution in [0.3, 0.4) is 0 Å². The van der Waals surface area contributed by atoms with Gasteiger partial charge in [-0.1, -0.05) is 26.0 Å². The number of hydrogen-bond donors (Lipinski definition) is 4. The highest BCUT2D eigenvalue weighted by Gasteiger charge is 2.35. The van der Waals surface area contributed by atoms with E-state index in [0.717, 1.165) is 0 Å². The molecule has 1 aliphatic rings. The molecule has 0 spiro atoms. The lowest BCUT2D eigenvalue weighted by atomic mass is 9.91. The van der Waals surface area contributed by atoms with Gasteiger partial charge in [0.25, 0.3) is 0 Å². The van der Waals surface area contributed by atoms with Gasteiger partial charge in [0, 0.05) is 12.0 Å². The number of carbonyl (C=O) groups is 2. The van der Waals surface area contributed by atoms with Crippen LogP contribution in [-0.2, 0) is 9.59 Å². The second kappa shape index (κ2) is 9.34. The van der Waals surface area contributed by atoms with E-state index in [2.05, 4.69) is 21.2 Å². The van der Waals surface area contributed by atoms with Crippen molar-refractivity contribution in [2.24, 2.45) is 11.7 Å². The van der Waals surface area contributed by atoms with Crippen molar-refractivity contribution in [3.8, 4) is 5.75 Å². The van der Waals surface area contributed by atoms with Crippen molar-refractivity contribution in [2.45, 2.75) is 51.0 Å². The Hall–Kier alpha value is -1.90. The molecule has 0 saturated carbocycles. The van der Waals surface area contributed by atoms with E-state index < -0.39 is 36.2 Å². The third-order valence-corrected chi connectivity index (χ3v) is 4.93. The highest BCUT2D eigenvalue weighted by molar-refractivity contribution is 9.10. The summed E-state index contributed by atoms with van der Waals surface area (Å²) in [5, 5.41) is 23.0. The van der Waals surface area contributed by atoms with Gasteiger partial charge in [-0.05, 0) is 46.5 Å². The third-order valence-electron chi connectivity index (χ3n) is 4.27. The van der Waals surface area contributed by atoms with Crippen LogP contribution in [0, 0.1) is 5.92 Å². The molecule has 2 rings (SSSR count). The summed E-state index contributed by atoms with van der Waals surface area (Å²) in [6.45, 7) is 3.84. The van der Waals surface area contributed by atoms with E-state index in [1.54, 1.807) is 18.2 Å². The molecule has 0 radical (unpaired) electrons. The maximum absolute atomic E-state index is 12.6. The van der Waals surface area contributed by atoms with Crippen LogP contribution in [0.1, 0.15) is 26.7 Å². The van der Waals surface area contributed by atoms with Gasteiger partial charge >= 0.3 is 0 Å². The van der Waals surface area contributed by atoms with E-state index in [9.17, 15) is 19.8 Å². The van der Waals surface area contributed by atoms with Crippen molar-refractivity contribution in [3.05, 3.63) is 40.4 Å². The van der Waals surface area contributed by atoms with Crippen LogP contribution in [0.5, 0.6) is 5.75 Å². The van der Waals surface area contributed by atoms with Crippen molar-refractivity contribution in [1.29, 1.82) is 0 Å². The minimum atomic E-state index is -1.18. The number of benzene rings is 1. The van der Waals surface area contributed by atoms with Crippen LogP contribution < -0.4 is 15.8 Å². The SMILES string of the molecule is CC(C)C[C@@H](NC(=O)C1=C[C@@H](Oc2ccccc2Br)[C@H](O)[C@H](O)C1)C(N)=O. The fraction of sp³-hybridized carbons (Fsp3) is 0.474. The first kappa shape index (κ1) is 21.4. The fourth-order valence-electron chi connectivity index (χ4n) is 2.86. The normalized spacial score (nSPS) is 23.5. The van der Waals surface area contributed by atoms with Crippen LogP contribution in [0.4, 0.5) is 0 Å².